The largest absolute Gasteiger partial charge is 0.507 e. The van der Waals surface area contributed by atoms with Gasteiger partial charge in [-0.2, -0.15) is 0 Å². The van der Waals surface area contributed by atoms with Crippen LogP contribution in [0.2, 0.25) is 0 Å². The molecule has 0 radical (unpaired) electrons. The van der Waals surface area contributed by atoms with Crippen LogP contribution >= 0.6 is 0 Å². The second-order valence-corrected chi connectivity index (χ2v) is 9.35. The van der Waals surface area contributed by atoms with Crippen molar-refractivity contribution in [3.05, 3.63) is 57.6 Å². The standard InChI is InChI=1S/C29H38N4O2/c1-18-14-24-20(3)30-10-8-7-9-11-31-21(4)25-15-19(2)17-27(29(25)35)23(6)33-13-12-32-22(5)26(16-18)28(24)34/h14-17,34-35H,7-13H2,1-6H3. The van der Waals surface area contributed by atoms with Gasteiger partial charge in [-0.3, -0.25) is 20.0 Å². The number of aryl methyl sites for hydroxylation is 2. The number of aliphatic imine (C=N–C) groups is 4. The molecule has 2 N–H and O–H groups in total. The zero-order valence-electron chi connectivity index (χ0n) is 21.9. The highest BCUT2D eigenvalue weighted by molar-refractivity contribution is 6.09. The van der Waals surface area contributed by atoms with E-state index in [9.17, 15) is 10.2 Å². The minimum atomic E-state index is 0.227. The first-order chi connectivity index (χ1) is 16.7. The molecule has 6 nitrogen and oxygen atoms in total. The van der Waals surface area contributed by atoms with Gasteiger partial charge in [-0.25, -0.2) is 0 Å². The van der Waals surface area contributed by atoms with Crippen LogP contribution in [0.1, 0.15) is 80.3 Å². The lowest BCUT2D eigenvalue weighted by Crippen LogP contribution is -2.06. The van der Waals surface area contributed by atoms with Gasteiger partial charge < -0.3 is 10.2 Å². The maximum absolute atomic E-state index is 11.0. The fourth-order valence-corrected chi connectivity index (χ4v) is 4.33. The number of hydrogen-bond acceptors (Lipinski definition) is 6. The van der Waals surface area contributed by atoms with Crippen LogP contribution < -0.4 is 0 Å². The van der Waals surface area contributed by atoms with E-state index in [4.69, 9.17) is 9.98 Å². The first-order valence-electron chi connectivity index (χ1n) is 12.4. The summed E-state index contributed by atoms with van der Waals surface area (Å²) in [6, 6.07) is 7.88. The number of nitrogens with zero attached hydrogens (tertiary/aromatic N) is 4. The van der Waals surface area contributed by atoms with Crippen LogP contribution in [0.3, 0.4) is 0 Å². The third-order valence-corrected chi connectivity index (χ3v) is 6.38. The zero-order chi connectivity index (χ0) is 25.5. The van der Waals surface area contributed by atoms with E-state index in [0.717, 1.165) is 75.5 Å². The Kier molecular flexibility index (Phi) is 8.96. The summed E-state index contributed by atoms with van der Waals surface area (Å²) in [4.78, 5) is 18.8. The molecule has 186 valence electrons. The summed E-state index contributed by atoms with van der Waals surface area (Å²) in [5.74, 6) is 0.455. The molecule has 3 rings (SSSR count). The van der Waals surface area contributed by atoms with Crippen molar-refractivity contribution in [2.45, 2.75) is 60.8 Å². The highest BCUT2D eigenvalue weighted by atomic mass is 16.3. The molecule has 0 saturated heterocycles. The molecule has 6 heteroatoms. The van der Waals surface area contributed by atoms with Crippen molar-refractivity contribution in [3.63, 3.8) is 0 Å². The Morgan fingerprint density at radius 1 is 0.457 bits per heavy atom. The first kappa shape index (κ1) is 26.3. The van der Waals surface area contributed by atoms with Crippen LogP contribution in [0, 0.1) is 13.8 Å². The lowest BCUT2D eigenvalue weighted by Gasteiger charge is -2.12. The minimum Gasteiger partial charge on any atom is -0.507 e. The van der Waals surface area contributed by atoms with Crippen molar-refractivity contribution in [2.75, 3.05) is 26.2 Å². The number of fused-ring (bicyclic) bond motifs is 4. The van der Waals surface area contributed by atoms with Crippen LogP contribution in [0.25, 0.3) is 0 Å². The number of rotatable bonds is 0. The van der Waals surface area contributed by atoms with Gasteiger partial charge in [-0.15, -0.1) is 0 Å². The van der Waals surface area contributed by atoms with Gasteiger partial charge in [-0.05, 0) is 96.2 Å². The lowest BCUT2D eigenvalue weighted by molar-refractivity contribution is 0.472. The van der Waals surface area contributed by atoms with E-state index in [1.54, 1.807) is 0 Å². The summed E-state index contributed by atoms with van der Waals surface area (Å²) in [5, 5.41) is 22.0. The first-order valence-corrected chi connectivity index (χ1v) is 12.4. The van der Waals surface area contributed by atoms with E-state index < -0.39 is 0 Å². The van der Waals surface area contributed by atoms with Gasteiger partial charge in [0.2, 0.25) is 0 Å². The molecule has 0 aromatic heterocycles. The molecule has 2 aromatic carbocycles. The summed E-state index contributed by atoms with van der Waals surface area (Å²) in [7, 11) is 0. The second-order valence-electron chi connectivity index (χ2n) is 9.35. The van der Waals surface area contributed by atoms with Gasteiger partial charge in [-0.1, -0.05) is 0 Å². The molecule has 1 aliphatic heterocycles. The van der Waals surface area contributed by atoms with Crippen molar-refractivity contribution in [1.82, 2.24) is 0 Å². The zero-order valence-corrected chi connectivity index (χ0v) is 21.9. The summed E-state index contributed by atoms with van der Waals surface area (Å²) in [6.07, 6.45) is 2.93. The van der Waals surface area contributed by atoms with E-state index in [0.29, 0.717) is 26.2 Å². The normalized spacial score (nSPS) is 16.4. The van der Waals surface area contributed by atoms with Gasteiger partial charge in [0.1, 0.15) is 11.5 Å². The Morgan fingerprint density at radius 2 is 0.743 bits per heavy atom. The molecule has 1 aliphatic rings. The summed E-state index contributed by atoms with van der Waals surface area (Å²) >= 11 is 0. The summed E-state index contributed by atoms with van der Waals surface area (Å²) in [6.45, 7) is 14.2. The van der Waals surface area contributed by atoms with Crippen molar-refractivity contribution in [2.24, 2.45) is 20.0 Å². The fraction of sp³-hybridized carbons (Fsp3) is 0.448. The molecule has 1 heterocycles. The SMILES string of the molecule is CC1=NCCCCCN=C(C)c2cc(C)cc(c2O)C(C)=NCCN=C(C)c2cc(C)cc1c2O. The Labute approximate surface area is 209 Å². The van der Waals surface area contributed by atoms with Crippen LogP contribution in [0.15, 0.2) is 44.2 Å². The van der Waals surface area contributed by atoms with E-state index >= 15 is 0 Å². The maximum Gasteiger partial charge on any atom is 0.133 e. The van der Waals surface area contributed by atoms with E-state index in [-0.39, 0.29) is 11.5 Å². The number of phenolic OH excluding ortho intramolecular Hbond substituents is 2. The van der Waals surface area contributed by atoms with Gasteiger partial charge in [0.05, 0.1) is 13.1 Å². The molecule has 0 atom stereocenters. The highest BCUT2D eigenvalue weighted by Gasteiger charge is 2.15. The van der Waals surface area contributed by atoms with E-state index in [2.05, 4.69) is 9.98 Å². The maximum atomic E-state index is 11.0. The van der Waals surface area contributed by atoms with E-state index in [1.807, 2.05) is 65.8 Å². The Bertz CT molecular complexity index is 1110. The molecule has 2 aromatic rings. The van der Waals surface area contributed by atoms with Gasteiger partial charge in [0, 0.05) is 58.2 Å². The fourth-order valence-electron chi connectivity index (χ4n) is 4.33. The smallest absolute Gasteiger partial charge is 0.133 e. The number of aromatic hydroxyl groups is 2. The molecule has 35 heavy (non-hydrogen) atoms. The number of hydrogen-bond donors (Lipinski definition) is 2. The van der Waals surface area contributed by atoms with Crippen molar-refractivity contribution in [3.8, 4) is 11.5 Å². The molecular weight excluding hydrogens is 436 g/mol. The van der Waals surface area contributed by atoms with E-state index in [1.165, 1.54) is 0 Å². The Morgan fingerprint density at radius 3 is 1.06 bits per heavy atom. The molecule has 0 spiro atoms. The predicted molar refractivity (Wildman–Crippen MR) is 148 cm³/mol. The van der Waals surface area contributed by atoms with Crippen LogP contribution in [-0.4, -0.2) is 59.2 Å². The van der Waals surface area contributed by atoms with Gasteiger partial charge in [0.25, 0.3) is 0 Å². The van der Waals surface area contributed by atoms with Crippen LogP contribution in [0.4, 0.5) is 0 Å². The van der Waals surface area contributed by atoms with Crippen LogP contribution in [-0.2, 0) is 0 Å². The third-order valence-electron chi connectivity index (χ3n) is 6.38. The molecule has 0 amide bonds. The molecule has 4 bridgehead atoms. The topological polar surface area (TPSA) is 89.9 Å². The average molecular weight is 475 g/mol. The molecule has 0 aliphatic carbocycles. The number of benzene rings is 2. The molecule has 0 saturated carbocycles. The van der Waals surface area contributed by atoms with Crippen molar-refractivity contribution < 1.29 is 10.2 Å². The van der Waals surface area contributed by atoms with Crippen molar-refractivity contribution in [1.29, 1.82) is 0 Å². The number of phenols is 2. The quantitative estimate of drug-likeness (QED) is 0.503. The molecule has 0 unspecified atom stereocenters. The van der Waals surface area contributed by atoms with Gasteiger partial charge >= 0.3 is 0 Å². The van der Waals surface area contributed by atoms with Gasteiger partial charge in [0.15, 0.2) is 0 Å². The third kappa shape index (κ3) is 6.65. The summed E-state index contributed by atoms with van der Waals surface area (Å²) < 4.78 is 0. The second kappa shape index (κ2) is 11.9. The summed E-state index contributed by atoms with van der Waals surface area (Å²) in [5.41, 5.74) is 8.32. The minimum absolute atomic E-state index is 0.227. The van der Waals surface area contributed by atoms with Crippen molar-refractivity contribution >= 4 is 22.8 Å². The predicted octanol–water partition coefficient (Wildman–Crippen LogP) is 5.83. The Hall–Kier alpha value is -3.28. The highest BCUT2D eigenvalue weighted by Crippen LogP contribution is 2.28. The average Bonchev–Trinajstić information content (AvgIpc) is 2.82. The monoisotopic (exact) mass is 474 g/mol. The lowest BCUT2D eigenvalue weighted by atomic mass is 9.99. The van der Waals surface area contributed by atoms with Crippen LogP contribution in [0.5, 0.6) is 11.5 Å². The molecule has 0 fully saturated rings. The Balaban J connectivity index is 1.99. The molecular formula is C29H38N4O2.